The van der Waals surface area contributed by atoms with E-state index in [4.69, 9.17) is 9.47 Å². The van der Waals surface area contributed by atoms with E-state index in [1.54, 1.807) is 12.1 Å². The molecule has 2 aromatic carbocycles. The van der Waals surface area contributed by atoms with Crippen molar-refractivity contribution in [1.82, 2.24) is 0 Å². The fraction of sp³-hybridized carbons (Fsp3) is 0.273. The van der Waals surface area contributed by atoms with Gasteiger partial charge in [0, 0.05) is 23.9 Å². The molecule has 2 unspecified atom stereocenters. The third-order valence-electron chi connectivity index (χ3n) is 4.32. The van der Waals surface area contributed by atoms with Crippen molar-refractivity contribution in [3.63, 3.8) is 0 Å². The Hall–Kier alpha value is -3.38. The Morgan fingerprint density at radius 3 is 1.53 bits per heavy atom. The Balaban J connectivity index is 1.93. The molecule has 0 aliphatic rings. The van der Waals surface area contributed by atoms with Crippen LogP contribution in [0.3, 0.4) is 0 Å². The highest BCUT2D eigenvalue weighted by Crippen LogP contribution is 2.28. The fourth-order valence-electron chi connectivity index (χ4n) is 2.48. The summed E-state index contributed by atoms with van der Waals surface area (Å²) in [4.78, 5) is 31.2. The smallest absolute Gasteiger partial charge is 0.329 e. The first-order valence-corrected chi connectivity index (χ1v) is 12.2. The molecule has 4 N–H and O–H groups in total. The van der Waals surface area contributed by atoms with Crippen LogP contribution >= 0.6 is 21.6 Å². The Labute approximate surface area is 203 Å². The summed E-state index contributed by atoms with van der Waals surface area (Å²) in [6, 6.07) is 6.94. The molecule has 12 heteroatoms. The van der Waals surface area contributed by atoms with E-state index in [9.17, 15) is 30.0 Å². The third-order valence-corrected chi connectivity index (χ3v) is 6.71. The van der Waals surface area contributed by atoms with E-state index in [-0.39, 0.29) is 34.5 Å². The van der Waals surface area contributed by atoms with Crippen molar-refractivity contribution in [2.24, 2.45) is 9.98 Å². The van der Waals surface area contributed by atoms with Gasteiger partial charge in [-0.1, -0.05) is 21.6 Å². The van der Waals surface area contributed by atoms with E-state index in [0.29, 0.717) is 11.1 Å². The summed E-state index contributed by atoms with van der Waals surface area (Å²) in [5.74, 6) is -1.62. The van der Waals surface area contributed by atoms with Gasteiger partial charge in [-0.25, -0.2) is 9.59 Å². The van der Waals surface area contributed by atoms with E-state index in [1.807, 2.05) is 0 Å². The van der Waals surface area contributed by atoms with Crippen molar-refractivity contribution >= 4 is 46.0 Å². The maximum Gasteiger partial charge on any atom is 0.329 e. The van der Waals surface area contributed by atoms with E-state index in [0.717, 1.165) is 0 Å². The minimum Gasteiger partial charge on any atom is -0.504 e. The lowest BCUT2D eigenvalue weighted by atomic mass is 10.2. The predicted molar refractivity (Wildman–Crippen MR) is 132 cm³/mol. The van der Waals surface area contributed by atoms with Gasteiger partial charge in [-0.15, -0.1) is 0 Å². The molecule has 0 amide bonds. The van der Waals surface area contributed by atoms with E-state index >= 15 is 0 Å². The number of ether oxygens (including phenoxy) is 2. The van der Waals surface area contributed by atoms with Crippen molar-refractivity contribution in [3.8, 4) is 23.0 Å². The number of rotatable bonds is 13. The molecule has 2 aromatic rings. The summed E-state index contributed by atoms with van der Waals surface area (Å²) < 4.78 is 10.0. The Kier molecular flexibility index (Phi) is 10.6. The number of aromatic hydroxyl groups is 2. The fourth-order valence-corrected chi connectivity index (χ4v) is 4.74. The number of hydrogen-bond acceptors (Lipinski definition) is 10. The summed E-state index contributed by atoms with van der Waals surface area (Å²) in [5.41, 5.74) is 1.12. The lowest BCUT2D eigenvalue weighted by Gasteiger charge is -2.09. The van der Waals surface area contributed by atoms with Crippen LogP contribution in [0.1, 0.15) is 11.1 Å². The second kappa shape index (κ2) is 13.4. The minimum absolute atomic E-state index is 0.0402. The zero-order valence-electron chi connectivity index (χ0n) is 18.3. The standard InChI is InChI=1S/C22H24N2O8S2/c1-31-19-7-13(3-5-17(19)25)9-23-15(21(27)28)11-33-34-12-16(22(29)30)24-10-14-4-6-18(26)20(8-14)32-2/h3-10,15-16,25-26H,11-12H2,1-2H3,(H,27,28)(H,29,30). The molecule has 0 aliphatic carbocycles. The van der Waals surface area contributed by atoms with Gasteiger partial charge in [0.05, 0.1) is 14.2 Å². The van der Waals surface area contributed by atoms with Crippen LogP contribution in [0, 0.1) is 0 Å². The van der Waals surface area contributed by atoms with Gasteiger partial charge in [0.25, 0.3) is 0 Å². The highest BCUT2D eigenvalue weighted by atomic mass is 33.1. The molecule has 0 aromatic heterocycles. The molecule has 0 heterocycles. The molecule has 0 radical (unpaired) electrons. The number of phenols is 2. The first-order chi connectivity index (χ1) is 16.2. The average molecular weight is 509 g/mol. The molecular weight excluding hydrogens is 484 g/mol. The van der Waals surface area contributed by atoms with Gasteiger partial charge in [-0.05, 0) is 47.5 Å². The summed E-state index contributed by atoms with van der Waals surface area (Å²) in [6.07, 6.45) is 2.75. The molecule has 2 rings (SSSR count). The van der Waals surface area contributed by atoms with Crippen molar-refractivity contribution < 1.29 is 39.5 Å². The number of aliphatic carboxylic acids is 2. The van der Waals surface area contributed by atoms with Gasteiger partial charge < -0.3 is 29.9 Å². The Morgan fingerprint density at radius 1 is 0.824 bits per heavy atom. The largest absolute Gasteiger partial charge is 0.504 e. The number of benzene rings is 2. The predicted octanol–water partition coefficient (Wildman–Crippen LogP) is 2.94. The van der Waals surface area contributed by atoms with Crippen LogP contribution in [-0.4, -0.2) is 82.6 Å². The zero-order valence-corrected chi connectivity index (χ0v) is 20.0. The van der Waals surface area contributed by atoms with E-state index in [1.165, 1.54) is 72.5 Å². The normalized spacial score (nSPS) is 13.1. The molecule has 182 valence electrons. The van der Waals surface area contributed by atoms with Gasteiger partial charge in [0.2, 0.25) is 0 Å². The van der Waals surface area contributed by atoms with Crippen LogP contribution in [0.5, 0.6) is 23.0 Å². The van der Waals surface area contributed by atoms with Gasteiger partial charge in [-0.2, -0.15) is 0 Å². The van der Waals surface area contributed by atoms with Crippen LogP contribution in [-0.2, 0) is 9.59 Å². The molecule has 0 saturated heterocycles. The van der Waals surface area contributed by atoms with Gasteiger partial charge in [0.1, 0.15) is 0 Å². The number of aliphatic imine (C=N–C) groups is 2. The molecule has 0 aliphatic heterocycles. The number of phenolic OH excluding ortho intramolecular Hbond substituents is 2. The topological polar surface area (TPSA) is 158 Å². The minimum atomic E-state index is -1.12. The average Bonchev–Trinajstić information content (AvgIpc) is 2.81. The Morgan fingerprint density at radius 2 is 1.21 bits per heavy atom. The monoisotopic (exact) mass is 508 g/mol. The molecule has 0 saturated carbocycles. The maximum absolute atomic E-state index is 11.5. The molecule has 34 heavy (non-hydrogen) atoms. The molecule has 10 nitrogen and oxygen atoms in total. The van der Waals surface area contributed by atoms with Gasteiger partial charge >= 0.3 is 11.9 Å². The lowest BCUT2D eigenvalue weighted by molar-refractivity contribution is -0.138. The van der Waals surface area contributed by atoms with Crippen LogP contribution in [0.4, 0.5) is 0 Å². The SMILES string of the molecule is COc1cc(C=NC(CSSCC(N=Cc2ccc(O)c(OC)c2)C(=O)O)C(=O)O)ccc1O. The molecule has 0 spiro atoms. The summed E-state index contributed by atoms with van der Waals surface area (Å²) in [5, 5.41) is 38.1. The quantitative estimate of drug-likeness (QED) is 0.180. The summed E-state index contributed by atoms with van der Waals surface area (Å²) in [7, 11) is 5.16. The lowest BCUT2D eigenvalue weighted by Crippen LogP contribution is -2.22. The first kappa shape index (κ1) is 26.9. The number of carboxylic acids is 2. The number of hydrogen-bond donors (Lipinski definition) is 4. The van der Waals surface area contributed by atoms with Crippen molar-refractivity contribution in [3.05, 3.63) is 47.5 Å². The van der Waals surface area contributed by atoms with Crippen molar-refractivity contribution in [2.45, 2.75) is 12.1 Å². The van der Waals surface area contributed by atoms with E-state index in [2.05, 4.69) is 9.98 Å². The number of nitrogens with zero attached hydrogens (tertiary/aromatic N) is 2. The van der Waals surface area contributed by atoms with Crippen LogP contribution in [0.15, 0.2) is 46.4 Å². The highest BCUT2D eigenvalue weighted by molar-refractivity contribution is 8.76. The number of carbonyl (C=O) groups is 2. The number of carboxylic acid groups (broad SMARTS) is 2. The second-order valence-electron chi connectivity index (χ2n) is 6.70. The summed E-state index contributed by atoms with van der Waals surface area (Å²) in [6.45, 7) is 0. The molecule has 0 fully saturated rings. The molecule has 2 atom stereocenters. The van der Waals surface area contributed by atoms with Crippen LogP contribution in [0.25, 0.3) is 0 Å². The van der Waals surface area contributed by atoms with Crippen molar-refractivity contribution in [2.75, 3.05) is 25.7 Å². The van der Waals surface area contributed by atoms with E-state index < -0.39 is 24.0 Å². The van der Waals surface area contributed by atoms with Gasteiger partial charge in [-0.3, -0.25) is 9.98 Å². The van der Waals surface area contributed by atoms with Crippen LogP contribution < -0.4 is 9.47 Å². The second-order valence-corrected chi connectivity index (χ2v) is 9.25. The number of methoxy groups -OCH3 is 2. The Bertz CT molecular complexity index is 978. The maximum atomic E-state index is 11.5. The first-order valence-electron chi connectivity index (χ1n) is 9.75. The third kappa shape index (κ3) is 8.19. The molecular formula is C22H24N2O8S2. The van der Waals surface area contributed by atoms with Gasteiger partial charge in [0.15, 0.2) is 35.1 Å². The van der Waals surface area contributed by atoms with Crippen LogP contribution in [0.2, 0.25) is 0 Å². The summed E-state index contributed by atoms with van der Waals surface area (Å²) >= 11 is 0. The van der Waals surface area contributed by atoms with Crippen molar-refractivity contribution in [1.29, 1.82) is 0 Å². The highest BCUT2D eigenvalue weighted by Gasteiger charge is 2.19. The zero-order chi connectivity index (χ0) is 25.1. The molecule has 0 bridgehead atoms.